The number of rotatable bonds is 6. The third kappa shape index (κ3) is 5.41. The fraction of sp³-hybridized carbons (Fsp3) is 0.727. The lowest BCUT2D eigenvalue weighted by Gasteiger charge is -2.27. The number of amides is 3. The minimum absolute atomic E-state index is 0.0888. The lowest BCUT2D eigenvalue weighted by atomic mass is 10.2. The van der Waals surface area contributed by atoms with Gasteiger partial charge in [0.25, 0.3) is 0 Å². The number of carboxylic acids is 1. The molecule has 0 aromatic heterocycles. The Morgan fingerprint density at radius 1 is 1.25 bits per heavy atom. The molecule has 0 radical (unpaired) electrons. The summed E-state index contributed by atoms with van der Waals surface area (Å²) >= 11 is 0. The molecule has 20 heavy (non-hydrogen) atoms. The monoisotopic (exact) mass is 288 g/mol. The van der Waals surface area contributed by atoms with Gasteiger partial charge in [-0.3, -0.25) is 4.79 Å². The van der Waals surface area contributed by atoms with Gasteiger partial charge in [-0.1, -0.05) is 0 Å². The molecule has 0 spiro atoms. The van der Waals surface area contributed by atoms with Crippen molar-refractivity contribution in [3.05, 3.63) is 0 Å². The molecule has 0 unspecified atom stereocenters. The van der Waals surface area contributed by atoms with Crippen molar-refractivity contribution in [1.29, 1.82) is 0 Å². The SMILES string of the molecule is O=C(NCC(=O)N1CCNCC1)N[C@@H](CCO)C(=O)O. The molecule has 0 saturated carbocycles. The summed E-state index contributed by atoms with van der Waals surface area (Å²) in [5.74, 6) is -1.45. The highest BCUT2D eigenvalue weighted by molar-refractivity contribution is 5.86. The number of hydrogen-bond acceptors (Lipinski definition) is 5. The Balaban J connectivity index is 2.30. The van der Waals surface area contributed by atoms with Gasteiger partial charge in [0.15, 0.2) is 0 Å². The van der Waals surface area contributed by atoms with E-state index in [4.69, 9.17) is 10.2 Å². The van der Waals surface area contributed by atoms with Gasteiger partial charge in [-0.05, 0) is 0 Å². The Bertz CT molecular complexity index is 357. The molecule has 0 bridgehead atoms. The number of hydrogen-bond donors (Lipinski definition) is 5. The third-order valence-electron chi connectivity index (χ3n) is 2.89. The number of aliphatic hydroxyl groups is 1. The number of carbonyl (C=O) groups excluding carboxylic acids is 2. The Morgan fingerprint density at radius 3 is 2.45 bits per heavy atom. The first kappa shape index (κ1) is 16.2. The maximum Gasteiger partial charge on any atom is 0.326 e. The molecule has 9 nitrogen and oxygen atoms in total. The maximum atomic E-state index is 11.7. The van der Waals surface area contributed by atoms with Crippen LogP contribution in [-0.2, 0) is 9.59 Å². The van der Waals surface area contributed by atoms with Gasteiger partial charge in [0.1, 0.15) is 6.04 Å². The fourth-order valence-corrected chi connectivity index (χ4v) is 1.78. The van der Waals surface area contributed by atoms with Crippen LogP contribution >= 0.6 is 0 Å². The smallest absolute Gasteiger partial charge is 0.326 e. The van der Waals surface area contributed by atoms with Gasteiger partial charge in [0.2, 0.25) is 5.91 Å². The highest BCUT2D eigenvalue weighted by atomic mass is 16.4. The molecule has 1 aliphatic rings. The van der Waals surface area contributed by atoms with Gasteiger partial charge >= 0.3 is 12.0 Å². The molecule has 0 aromatic rings. The topological polar surface area (TPSA) is 131 Å². The Hall–Kier alpha value is -1.87. The zero-order valence-corrected chi connectivity index (χ0v) is 11.1. The molecule has 0 aliphatic carbocycles. The largest absolute Gasteiger partial charge is 0.480 e. The first-order chi connectivity index (χ1) is 9.54. The third-order valence-corrected chi connectivity index (χ3v) is 2.89. The maximum absolute atomic E-state index is 11.7. The van der Waals surface area contributed by atoms with Crippen LogP contribution in [0.15, 0.2) is 0 Å². The molecule has 1 atom stereocenters. The van der Waals surface area contributed by atoms with Crippen LogP contribution in [0.5, 0.6) is 0 Å². The molecular weight excluding hydrogens is 268 g/mol. The normalized spacial score (nSPS) is 16.4. The first-order valence-electron chi connectivity index (χ1n) is 6.41. The Kier molecular flexibility index (Phi) is 6.74. The number of nitrogens with one attached hydrogen (secondary N) is 3. The molecule has 1 rings (SSSR count). The number of piperazine rings is 1. The van der Waals surface area contributed by atoms with E-state index in [1.165, 1.54) is 0 Å². The van der Waals surface area contributed by atoms with Crippen LogP contribution in [0.2, 0.25) is 0 Å². The first-order valence-corrected chi connectivity index (χ1v) is 6.41. The molecule has 114 valence electrons. The van der Waals surface area contributed by atoms with Crippen LogP contribution in [0.4, 0.5) is 4.79 Å². The van der Waals surface area contributed by atoms with Gasteiger partial charge in [-0.2, -0.15) is 0 Å². The van der Waals surface area contributed by atoms with Crippen molar-refractivity contribution in [1.82, 2.24) is 20.9 Å². The van der Waals surface area contributed by atoms with Crippen molar-refractivity contribution in [3.8, 4) is 0 Å². The number of aliphatic hydroxyl groups excluding tert-OH is 1. The van der Waals surface area contributed by atoms with Gasteiger partial charge < -0.3 is 31.1 Å². The predicted octanol–water partition coefficient (Wildman–Crippen LogP) is -2.45. The Morgan fingerprint density at radius 2 is 1.90 bits per heavy atom. The lowest BCUT2D eigenvalue weighted by Crippen LogP contribution is -2.52. The summed E-state index contributed by atoms with van der Waals surface area (Å²) < 4.78 is 0. The van der Waals surface area contributed by atoms with E-state index in [-0.39, 0.29) is 25.5 Å². The molecule has 1 saturated heterocycles. The summed E-state index contributed by atoms with van der Waals surface area (Å²) in [6.07, 6.45) is -0.0888. The van der Waals surface area contributed by atoms with Gasteiger partial charge in [0.05, 0.1) is 6.54 Å². The van der Waals surface area contributed by atoms with E-state index in [2.05, 4.69) is 16.0 Å². The van der Waals surface area contributed by atoms with Crippen molar-refractivity contribution < 1.29 is 24.6 Å². The second kappa shape index (κ2) is 8.33. The zero-order valence-electron chi connectivity index (χ0n) is 11.1. The minimum Gasteiger partial charge on any atom is -0.480 e. The molecular formula is C11H20N4O5. The number of nitrogens with zero attached hydrogens (tertiary/aromatic N) is 1. The van der Waals surface area contributed by atoms with E-state index in [9.17, 15) is 14.4 Å². The average Bonchev–Trinajstić information content (AvgIpc) is 2.45. The van der Waals surface area contributed by atoms with Crippen molar-refractivity contribution in [2.75, 3.05) is 39.3 Å². The molecule has 1 fully saturated rings. The van der Waals surface area contributed by atoms with Crippen molar-refractivity contribution in [2.45, 2.75) is 12.5 Å². The summed E-state index contributed by atoms with van der Waals surface area (Å²) in [5.41, 5.74) is 0. The summed E-state index contributed by atoms with van der Waals surface area (Å²) in [7, 11) is 0. The van der Waals surface area contributed by atoms with Crippen LogP contribution < -0.4 is 16.0 Å². The molecule has 5 N–H and O–H groups in total. The summed E-state index contributed by atoms with van der Waals surface area (Å²) in [5, 5.41) is 25.1. The number of urea groups is 1. The van der Waals surface area contributed by atoms with Gasteiger partial charge in [-0.15, -0.1) is 0 Å². The molecule has 3 amide bonds. The number of aliphatic carboxylic acids is 1. The van der Waals surface area contributed by atoms with Crippen LogP contribution in [0.1, 0.15) is 6.42 Å². The lowest BCUT2D eigenvalue weighted by molar-refractivity contribution is -0.139. The summed E-state index contributed by atoms with van der Waals surface area (Å²) in [4.78, 5) is 35.6. The van der Waals surface area contributed by atoms with E-state index in [0.29, 0.717) is 13.1 Å². The molecule has 9 heteroatoms. The predicted molar refractivity (Wildman–Crippen MR) is 69.1 cm³/mol. The molecule has 1 heterocycles. The van der Waals surface area contributed by atoms with E-state index in [1.54, 1.807) is 4.90 Å². The molecule has 0 aromatic carbocycles. The van der Waals surface area contributed by atoms with Crippen LogP contribution in [-0.4, -0.2) is 78.4 Å². The van der Waals surface area contributed by atoms with Gasteiger partial charge in [-0.25, -0.2) is 9.59 Å². The molecule has 1 aliphatic heterocycles. The Labute approximate surface area is 116 Å². The number of carbonyl (C=O) groups is 3. The second-order valence-corrected chi connectivity index (χ2v) is 4.36. The van der Waals surface area contributed by atoms with E-state index < -0.39 is 18.0 Å². The van der Waals surface area contributed by atoms with Crippen molar-refractivity contribution in [3.63, 3.8) is 0 Å². The summed E-state index contributed by atoms with van der Waals surface area (Å²) in [6.45, 7) is 2.08. The fourth-order valence-electron chi connectivity index (χ4n) is 1.78. The van der Waals surface area contributed by atoms with Crippen LogP contribution in [0, 0.1) is 0 Å². The van der Waals surface area contributed by atoms with E-state index >= 15 is 0 Å². The number of carboxylic acid groups (broad SMARTS) is 1. The van der Waals surface area contributed by atoms with Crippen molar-refractivity contribution in [2.24, 2.45) is 0 Å². The van der Waals surface area contributed by atoms with Crippen LogP contribution in [0.25, 0.3) is 0 Å². The minimum atomic E-state index is -1.23. The van der Waals surface area contributed by atoms with Gasteiger partial charge in [0, 0.05) is 39.2 Å². The zero-order chi connectivity index (χ0) is 15.0. The quantitative estimate of drug-likeness (QED) is 0.369. The average molecular weight is 288 g/mol. The van der Waals surface area contributed by atoms with Crippen LogP contribution in [0.3, 0.4) is 0 Å². The summed E-state index contributed by atoms with van der Waals surface area (Å²) in [6, 6.07) is -1.91. The van der Waals surface area contributed by atoms with E-state index in [0.717, 1.165) is 13.1 Å². The second-order valence-electron chi connectivity index (χ2n) is 4.36. The highest BCUT2D eigenvalue weighted by Crippen LogP contribution is 1.93. The van der Waals surface area contributed by atoms with E-state index in [1.807, 2.05) is 0 Å². The van der Waals surface area contributed by atoms with Crippen molar-refractivity contribution >= 4 is 17.9 Å². The highest BCUT2D eigenvalue weighted by Gasteiger charge is 2.20. The standard InChI is InChI=1S/C11H20N4O5/c16-6-1-8(10(18)19)14-11(20)13-7-9(17)15-4-2-12-3-5-15/h8,12,16H,1-7H2,(H,18,19)(H2,13,14,20)/t8-/m0/s1.